The van der Waals surface area contributed by atoms with Crippen LogP contribution < -0.4 is 5.32 Å². The van der Waals surface area contributed by atoms with Gasteiger partial charge in [0, 0.05) is 12.6 Å². The van der Waals surface area contributed by atoms with Crippen LogP contribution in [0.5, 0.6) is 0 Å². The van der Waals surface area contributed by atoms with Gasteiger partial charge in [-0.2, -0.15) is 0 Å². The third-order valence-corrected chi connectivity index (χ3v) is 4.16. The van der Waals surface area contributed by atoms with Crippen molar-refractivity contribution in [2.45, 2.75) is 77.3 Å². The normalized spacial score (nSPS) is 18.2. The van der Waals surface area contributed by atoms with E-state index in [4.69, 9.17) is 0 Å². The maximum atomic E-state index is 11.5. The summed E-state index contributed by atoms with van der Waals surface area (Å²) >= 11 is 0. The van der Waals surface area contributed by atoms with Crippen molar-refractivity contribution in [1.82, 2.24) is 10.2 Å². The fraction of sp³-hybridized carbons (Fsp3) is 0.938. The van der Waals surface area contributed by atoms with Crippen molar-refractivity contribution in [2.75, 3.05) is 19.6 Å². The number of hydrogen-bond donors (Lipinski definition) is 2. The van der Waals surface area contributed by atoms with Crippen molar-refractivity contribution in [1.29, 1.82) is 0 Å². The van der Waals surface area contributed by atoms with E-state index in [1.165, 1.54) is 25.7 Å². The van der Waals surface area contributed by atoms with E-state index in [1.54, 1.807) is 0 Å². The Bertz CT molecular complexity index is 284. The van der Waals surface area contributed by atoms with E-state index in [-0.39, 0.29) is 0 Å². The second-order valence-electron chi connectivity index (χ2n) is 6.35. The van der Waals surface area contributed by atoms with Gasteiger partial charge in [-0.05, 0) is 52.1 Å². The molecule has 0 spiro atoms. The molecular formula is C16H32N2O2. The molecule has 0 amide bonds. The summed E-state index contributed by atoms with van der Waals surface area (Å²) in [6.45, 7) is 9.31. The van der Waals surface area contributed by atoms with E-state index in [2.05, 4.69) is 24.1 Å². The standard InChI is InChI=1S/C16H32N2O2/c1-4-6-11-18(12-7-5-2)13-10-16(3,15(19)20)17-14-8-9-14/h14,17H,4-13H2,1-3H3,(H,19,20). The van der Waals surface area contributed by atoms with Crippen LogP contribution in [0, 0.1) is 0 Å². The highest BCUT2D eigenvalue weighted by molar-refractivity contribution is 5.78. The zero-order chi connectivity index (χ0) is 15.0. The topological polar surface area (TPSA) is 52.6 Å². The molecule has 4 heteroatoms. The number of aliphatic carboxylic acids is 1. The highest BCUT2D eigenvalue weighted by Gasteiger charge is 2.38. The van der Waals surface area contributed by atoms with Gasteiger partial charge in [-0.1, -0.05) is 26.7 Å². The second-order valence-corrected chi connectivity index (χ2v) is 6.35. The molecule has 0 aromatic rings. The van der Waals surface area contributed by atoms with Crippen molar-refractivity contribution < 1.29 is 9.90 Å². The predicted octanol–water partition coefficient (Wildman–Crippen LogP) is 2.87. The van der Waals surface area contributed by atoms with Gasteiger partial charge in [0.1, 0.15) is 5.54 Å². The number of carboxylic acids is 1. The average molecular weight is 284 g/mol. The van der Waals surface area contributed by atoms with Gasteiger partial charge in [-0.15, -0.1) is 0 Å². The number of nitrogens with zero attached hydrogens (tertiary/aromatic N) is 1. The summed E-state index contributed by atoms with van der Waals surface area (Å²) in [7, 11) is 0. The largest absolute Gasteiger partial charge is 0.480 e. The molecule has 1 aliphatic rings. The first kappa shape index (κ1) is 17.4. The Balaban J connectivity index is 2.45. The highest BCUT2D eigenvalue weighted by Crippen LogP contribution is 2.24. The molecule has 0 bridgehead atoms. The minimum Gasteiger partial charge on any atom is -0.480 e. The molecule has 0 aromatic carbocycles. The van der Waals surface area contributed by atoms with Gasteiger partial charge in [0.2, 0.25) is 0 Å². The van der Waals surface area contributed by atoms with E-state index in [1.807, 2.05) is 6.92 Å². The number of rotatable bonds is 12. The molecular weight excluding hydrogens is 252 g/mol. The van der Waals surface area contributed by atoms with Crippen LogP contribution in [0.2, 0.25) is 0 Å². The fourth-order valence-corrected chi connectivity index (χ4v) is 2.40. The molecule has 1 fully saturated rings. The van der Waals surface area contributed by atoms with Crippen LogP contribution in [0.15, 0.2) is 0 Å². The van der Waals surface area contributed by atoms with Crippen LogP contribution in [0.25, 0.3) is 0 Å². The van der Waals surface area contributed by atoms with Crippen LogP contribution in [-0.2, 0) is 4.79 Å². The number of carbonyl (C=O) groups is 1. The Morgan fingerprint density at radius 2 is 1.75 bits per heavy atom. The van der Waals surface area contributed by atoms with Gasteiger partial charge in [0.15, 0.2) is 0 Å². The zero-order valence-electron chi connectivity index (χ0n) is 13.5. The molecule has 1 unspecified atom stereocenters. The molecule has 2 N–H and O–H groups in total. The Hall–Kier alpha value is -0.610. The lowest BCUT2D eigenvalue weighted by atomic mass is 9.97. The van der Waals surface area contributed by atoms with Crippen LogP contribution in [0.3, 0.4) is 0 Å². The molecule has 118 valence electrons. The summed E-state index contributed by atoms with van der Waals surface area (Å²) in [5.74, 6) is -0.713. The minimum atomic E-state index is -0.766. The lowest BCUT2D eigenvalue weighted by Gasteiger charge is -2.30. The first-order valence-corrected chi connectivity index (χ1v) is 8.25. The minimum absolute atomic E-state index is 0.427. The van der Waals surface area contributed by atoms with Crippen molar-refractivity contribution in [2.24, 2.45) is 0 Å². The van der Waals surface area contributed by atoms with Crippen molar-refractivity contribution in [3.05, 3.63) is 0 Å². The van der Waals surface area contributed by atoms with Crippen LogP contribution in [-0.4, -0.2) is 47.2 Å². The predicted molar refractivity (Wildman–Crippen MR) is 83.1 cm³/mol. The molecule has 1 rings (SSSR count). The average Bonchev–Trinajstić information content (AvgIpc) is 3.21. The van der Waals surface area contributed by atoms with Crippen molar-refractivity contribution in [3.8, 4) is 0 Å². The summed E-state index contributed by atoms with van der Waals surface area (Å²) in [4.78, 5) is 14.0. The van der Waals surface area contributed by atoms with Gasteiger partial charge in [-0.3, -0.25) is 10.1 Å². The van der Waals surface area contributed by atoms with E-state index < -0.39 is 11.5 Å². The lowest BCUT2D eigenvalue weighted by Crippen LogP contribution is -2.52. The summed E-state index contributed by atoms with van der Waals surface area (Å²) in [6, 6.07) is 0.427. The van der Waals surface area contributed by atoms with Gasteiger partial charge >= 0.3 is 5.97 Å². The Kier molecular flexibility index (Phi) is 7.52. The van der Waals surface area contributed by atoms with Crippen LogP contribution in [0.1, 0.15) is 65.7 Å². The Morgan fingerprint density at radius 1 is 1.20 bits per heavy atom. The number of carboxylic acid groups (broad SMARTS) is 1. The fourth-order valence-electron chi connectivity index (χ4n) is 2.40. The molecule has 20 heavy (non-hydrogen) atoms. The molecule has 4 nitrogen and oxygen atoms in total. The lowest BCUT2D eigenvalue weighted by molar-refractivity contribution is -0.144. The van der Waals surface area contributed by atoms with E-state index in [9.17, 15) is 9.90 Å². The first-order chi connectivity index (χ1) is 9.51. The van der Waals surface area contributed by atoms with Gasteiger partial charge < -0.3 is 10.0 Å². The number of nitrogens with one attached hydrogen (secondary N) is 1. The summed E-state index contributed by atoms with van der Waals surface area (Å²) in [5.41, 5.74) is -0.766. The quantitative estimate of drug-likeness (QED) is 0.578. The molecule has 0 radical (unpaired) electrons. The first-order valence-electron chi connectivity index (χ1n) is 8.25. The van der Waals surface area contributed by atoms with Crippen molar-refractivity contribution in [3.63, 3.8) is 0 Å². The SMILES string of the molecule is CCCCN(CCCC)CCC(C)(NC1CC1)C(=O)O. The molecule has 1 aliphatic carbocycles. The van der Waals surface area contributed by atoms with Gasteiger partial charge in [-0.25, -0.2) is 0 Å². The summed E-state index contributed by atoms with van der Waals surface area (Å²) < 4.78 is 0. The highest BCUT2D eigenvalue weighted by atomic mass is 16.4. The molecule has 0 aromatic heterocycles. The van der Waals surface area contributed by atoms with E-state index in [0.717, 1.165) is 32.5 Å². The maximum Gasteiger partial charge on any atom is 0.323 e. The molecule has 1 saturated carbocycles. The Morgan fingerprint density at radius 3 is 2.15 bits per heavy atom. The number of unbranched alkanes of at least 4 members (excludes halogenated alkanes) is 2. The third-order valence-electron chi connectivity index (χ3n) is 4.16. The van der Waals surface area contributed by atoms with E-state index >= 15 is 0 Å². The number of hydrogen-bond acceptors (Lipinski definition) is 3. The Labute approximate surface area is 123 Å². The second kappa shape index (κ2) is 8.63. The van der Waals surface area contributed by atoms with Gasteiger partial charge in [0.05, 0.1) is 0 Å². The third kappa shape index (κ3) is 6.23. The van der Waals surface area contributed by atoms with Crippen LogP contribution in [0.4, 0.5) is 0 Å². The molecule has 1 atom stereocenters. The molecule has 0 saturated heterocycles. The molecule has 0 heterocycles. The van der Waals surface area contributed by atoms with Gasteiger partial charge in [0.25, 0.3) is 0 Å². The molecule has 0 aliphatic heterocycles. The summed E-state index contributed by atoms with van der Waals surface area (Å²) in [5, 5.41) is 12.8. The summed E-state index contributed by atoms with van der Waals surface area (Å²) in [6.07, 6.45) is 7.72. The van der Waals surface area contributed by atoms with Crippen molar-refractivity contribution >= 4 is 5.97 Å². The van der Waals surface area contributed by atoms with Crippen LogP contribution >= 0.6 is 0 Å². The van der Waals surface area contributed by atoms with E-state index in [0.29, 0.717) is 12.5 Å². The smallest absolute Gasteiger partial charge is 0.323 e. The maximum absolute atomic E-state index is 11.5. The zero-order valence-corrected chi connectivity index (χ0v) is 13.5. The monoisotopic (exact) mass is 284 g/mol.